The van der Waals surface area contributed by atoms with E-state index >= 15 is 0 Å². The maximum atomic E-state index is 14.2. The Kier molecular flexibility index (Phi) is 11.9. The summed E-state index contributed by atoms with van der Waals surface area (Å²) in [6.07, 6.45) is -1.43. The quantitative estimate of drug-likeness (QED) is 0.195. The Hall–Kier alpha value is -4.58. The number of rotatable bonds is 12. The third-order valence-corrected chi connectivity index (χ3v) is 8.23. The van der Waals surface area contributed by atoms with E-state index in [-0.39, 0.29) is 26.1 Å². The summed E-state index contributed by atoms with van der Waals surface area (Å²) in [7, 11) is 2.76. The highest BCUT2D eigenvalue weighted by Crippen LogP contribution is 2.38. The minimum absolute atomic E-state index is 0.00194. The maximum absolute atomic E-state index is 14.2. The number of methoxy groups -OCH3 is 2. The third kappa shape index (κ3) is 9.03. The van der Waals surface area contributed by atoms with Crippen molar-refractivity contribution in [3.05, 3.63) is 89.5 Å². The van der Waals surface area contributed by atoms with E-state index in [9.17, 15) is 19.2 Å². The molecule has 0 radical (unpaired) electrons. The summed E-state index contributed by atoms with van der Waals surface area (Å²) in [5.41, 5.74) is 1.89. The Morgan fingerprint density at radius 3 is 2.19 bits per heavy atom. The molecule has 3 amide bonds. The summed E-state index contributed by atoms with van der Waals surface area (Å²) in [5, 5.41) is 3.20. The summed E-state index contributed by atoms with van der Waals surface area (Å²) in [6, 6.07) is 21.1. The highest BCUT2D eigenvalue weighted by Gasteiger charge is 2.53. The average Bonchev–Trinajstić information content (AvgIpc) is 3.34. The SMILES string of the molecule is COC(=O)CNC(=O)CN1C(=O)[C@H](Cc2ccc(OC)c(Oc3ccc(CBr)cc3)c2)N(C(=O)OCc2ccccc2)[C@H]1C(C)(C)C. The Labute approximate surface area is 283 Å². The molecule has 0 aliphatic carbocycles. The lowest BCUT2D eigenvalue weighted by Crippen LogP contribution is -2.53. The van der Waals surface area contributed by atoms with Crippen LogP contribution in [0.5, 0.6) is 17.2 Å². The minimum Gasteiger partial charge on any atom is -0.493 e. The van der Waals surface area contributed by atoms with Crippen molar-refractivity contribution in [1.29, 1.82) is 0 Å². The molecular formula is C35H40BrN3O8. The van der Waals surface area contributed by atoms with Crippen LogP contribution in [0, 0.1) is 5.41 Å². The molecule has 1 heterocycles. The number of esters is 1. The molecule has 3 aromatic rings. The standard InChI is InChI=1S/C35H40BrN3O8/c1-35(2,3)33-38(21-30(40)37-20-31(41)45-5)32(42)27(39(33)34(43)46-22-24-9-7-6-8-10-24)17-25-13-16-28(44-4)29(18-25)47-26-14-11-23(19-36)12-15-26/h6-16,18,27,33H,17,19-22H2,1-5H3,(H,37,40)/t27-,33-/m0/s1. The van der Waals surface area contributed by atoms with Gasteiger partial charge in [0.1, 0.15) is 37.7 Å². The smallest absolute Gasteiger partial charge is 0.412 e. The van der Waals surface area contributed by atoms with Gasteiger partial charge in [-0.3, -0.25) is 19.3 Å². The van der Waals surface area contributed by atoms with E-state index in [2.05, 4.69) is 26.0 Å². The number of benzene rings is 3. The van der Waals surface area contributed by atoms with E-state index < -0.39 is 41.5 Å². The van der Waals surface area contributed by atoms with Gasteiger partial charge in [-0.2, -0.15) is 0 Å². The Morgan fingerprint density at radius 1 is 0.894 bits per heavy atom. The predicted molar refractivity (Wildman–Crippen MR) is 178 cm³/mol. The van der Waals surface area contributed by atoms with Gasteiger partial charge in [-0.1, -0.05) is 85.2 Å². The topological polar surface area (TPSA) is 124 Å². The van der Waals surface area contributed by atoms with Crippen molar-refractivity contribution >= 4 is 39.8 Å². The second-order valence-corrected chi connectivity index (χ2v) is 12.7. The summed E-state index contributed by atoms with van der Waals surface area (Å²) in [4.78, 5) is 55.4. The third-order valence-electron chi connectivity index (χ3n) is 7.59. The zero-order valence-corrected chi connectivity index (χ0v) is 28.7. The molecule has 1 aliphatic rings. The lowest BCUT2D eigenvalue weighted by atomic mass is 9.91. The van der Waals surface area contributed by atoms with Gasteiger partial charge in [0.15, 0.2) is 11.5 Å². The maximum Gasteiger partial charge on any atom is 0.412 e. The highest BCUT2D eigenvalue weighted by molar-refractivity contribution is 9.08. The molecule has 0 bridgehead atoms. The van der Waals surface area contributed by atoms with Gasteiger partial charge in [0.25, 0.3) is 0 Å². The molecule has 0 aromatic heterocycles. The predicted octanol–water partition coefficient (Wildman–Crippen LogP) is 5.44. The van der Waals surface area contributed by atoms with Crippen molar-refractivity contribution in [2.75, 3.05) is 27.3 Å². The fourth-order valence-corrected chi connectivity index (χ4v) is 5.76. The van der Waals surface area contributed by atoms with Gasteiger partial charge in [-0.25, -0.2) is 4.79 Å². The molecule has 12 heteroatoms. The molecule has 1 N–H and O–H groups in total. The summed E-state index contributed by atoms with van der Waals surface area (Å²) in [5.74, 6) is -0.0942. The number of alkyl halides is 1. The average molecular weight is 711 g/mol. The Balaban J connectivity index is 1.66. The van der Waals surface area contributed by atoms with Crippen LogP contribution in [0.2, 0.25) is 0 Å². The van der Waals surface area contributed by atoms with Gasteiger partial charge in [0, 0.05) is 17.2 Å². The first kappa shape index (κ1) is 35.3. The van der Waals surface area contributed by atoms with Crippen molar-refractivity contribution in [3.63, 3.8) is 0 Å². The molecule has 1 saturated heterocycles. The Bertz CT molecular complexity index is 1560. The normalized spacial score (nSPS) is 16.1. The first-order valence-electron chi connectivity index (χ1n) is 15.1. The molecule has 1 fully saturated rings. The minimum atomic E-state index is -1.00. The largest absolute Gasteiger partial charge is 0.493 e. The van der Waals surface area contributed by atoms with E-state index in [1.165, 1.54) is 24.0 Å². The molecule has 3 aromatic carbocycles. The second kappa shape index (κ2) is 15.8. The van der Waals surface area contributed by atoms with Crippen molar-refractivity contribution in [3.8, 4) is 17.2 Å². The van der Waals surface area contributed by atoms with Gasteiger partial charge >= 0.3 is 12.1 Å². The Morgan fingerprint density at radius 2 is 1.57 bits per heavy atom. The zero-order valence-electron chi connectivity index (χ0n) is 27.2. The number of amides is 3. The van der Waals surface area contributed by atoms with Crippen molar-refractivity contribution < 1.29 is 38.1 Å². The summed E-state index contributed by atoms with van der Waals surface area (Å²) in [6.45, 7) is 4.91. The van der Waals surface area contributed by atoms with E-state index in [1.807, 2.05) is 75.4 Å². The number of halogens is 1. The number of nitrogens with one attached hydrogen (secondary N) is 1. The van der Waals surface area contributed by atoms with E-state index in [1.54, 1.807) is 18.2 Å². The van der Waals surface area contributed by atoms with E-state index in [0.717, 1.165) is 11.1 Å². The van der Waals surface area contributed by atoms with Gasteiger partial charge in [-0.05, 0) is 41.0 Å². The molecule has 47 heavy (non-hydrogen) atoms. The molecule has 0 unspecified atom stereocenters. The lowest BCUT2D eigenvalue weighted by molar-refractivity contribution is -0.142. The molecular weight excluding hydrogens is 670 g/mol. The van der Waals surface area contributed by atoms with Crippen LogP contribution >= 0.6 is 15.9 Å². The van der Waals surface area contributed by atoms with Crippen LogP contribution in [-0.4, -0.2) is 73.2 Å². The number of ether oxygens (including phenoxy) is 4. The number of carbonyl (C=O) groups is 4. The van der Waals surface area contributed by atoms with Crippen LogP contribution < -0.4 is 14.8 Å². The fraction of sp³-hybridized carbons (Fsp3) is 0.371. The van der Waals surface area contributed by atoms with Crippen LogP contribution in [0.3, 0.4) is 0 Å². The molecule has 0 spiro atoms. The number of carbonyl (C=O) groups excluding carboxylic acids is 4. The van der Waals surface area contributed by atoms with Gasteiger partial charge in [-0.15, -0.1) is 0 Å². The lowest BCUT2D eigenvalue weighted by Gasteiger charge is -2.39. The van der Waals surface area contributed by atoms with Crippen LogP contribution in [0.25, 0.3) is 0 Å². The molecule has 0 saturated carbocycles. The van der Waals surface area contributed by atoms with Gasteiger partial charge < -0.3 is 29.2 Å². The van der Waals surface area contributed by atoms with Crippen molar-refractivity contribution in [2.45, 2.75) is 51.3 Å². The van der Waals surface area contributed by atoms with Crippen molar-refractivity contribution in [2.24, 2.45) is 5.41 Å². The molecule has 250 valence electrons. The van der Waals surface area contributed by atoms with E-state index in [4.69, 9.17) is 14.2 Å². The number of hydrogen-bond donors (Lipinski definition) is 1. The van der Waals surface area contributed by atoms with Crippen LogP contribution in [0.4, 0.5) is 4.79 Å². The molecule has 2 atom stereocenters. The highest BCUT2D eigenvalue weighted by atomic mass is 79.9. The molecule has 11 nitrogen and oxygen atoms in total. The monoisotopic (exact) mass is 709 g/mol. The second-order valence-electron chi connectivity index (χ2n) is 12.1. The zero-order chi connectivity index (χ0) is 34.1. The fourth-order valence-electron chi connectivity index (χ4n) is 5.39. The molecule has 4 rings (SSSR count). The van der Waals surface area contributed by atoms with Crippen molar-refractivity contribution in [1.82, 2.24) is 15.1 Å². The number of hydrogen-bond acceptors (Lipinski definition) is 8. The van der Waals surface area contributed by atoms with Crippen LogP contribution in [0.15, 0.2) is 72.8 Å². The summed E-state index contributed by atoms with van der Waals surface area (Å²) < 4.78 is 22.1. The van der Waals surface area contributed by atoms with E-state index in [0.29, 0.717) is 28.1 Å². The first-order valence-corrected chi connectivity index (χ1v) is 16.2. The van der Waals surface area contributed by atoms with Gasteiger partial charge in [0.2, 0.25) is 11.8 Å². The van der Waals surface area contributed by atoms with Crippen LogP contribution in [-0.2, 0) is 42.2 Å². The first-order chi connectivity index (χ1) is 22.4. The van der Waals surface area contributed by atoms with Gasteiger partial charge in [0.05, 0.1) is 14.2 Å². The number of nitrogens with zero attached hydrogens (tertiary/aromatic N) is 2. The molecule has 1 aliphatic heterocycles. The summed E-state index contributed by atoms with van der Waals surface area (Å²) >= 11 is 3.44. The van der Waals surface area contributed by atoms with Crippen LogP contribution in [0.1, 0.15) is 37.5 Å².